The quantitative estimate of drug-likeness (QED) is 0.467. The van der Waals surface area contributed by atoms with Crippen LogP contribution in [0.2, 0.25) is 0 Å². The van der Waals surface area contributed by atoms with Gasteiger partial charge in [-0.15, -0.1) is 0 Å². The largest absolute Gasteiger partial charge is 0.358 e. The SMILES string of the molecule is O=c1[nH]c(CN(Cc2ccccc2)C(=S)NCc2ccccc2)nc2ccccc12. The van der Waals surface area contributed by atoms with Crippen LogP contribution in [0.1, 0.15) is 17.0 Å². The maximum atomic E-state index is 12.5. The third-order valence-electron chi connectivity index (χ3n) is 4.79. The van der Waals surface area contributed by atoms with Crippen LogP contribution in [-0.2, 0) is 19.6 Å². The fourth-order valence-corrected chi connectivity index (χ4v) is 3.48. The van der Waals surface area contributed by atoms with E-state index in [1.54, 1.807) is 6.07 Å². The number of thiocarbonyl (C=S) groups is 1. The van der Waals surface area contributed by atoms with Gasteiger partial charge in [0, 0.05) is 13.1 Å². The molecule has 0 aliphatic heterocycles. The van der Waals surface area contributed by atoms with Gasteiger partial charge in [-0.1, -0.05) is 72.8 Å². The van der Waals surface area contributed by atoms with Crippen LogP contribution in [0.3, 0.4) is 0 Å². The predicted octanol–water partition coefficient (Wildman–Crippen LogP) is 4.00. The number of para-hydroxylation sites is 1. The minimum atomic E-state index is -0.140. The molecule has 1 heterocycles. The number of rotatable bonds is 6. The first kappa shape index (κ1) is 19.8. The number of nitrogens with one attached hydrogen (secondary N) is 2. The minimum Gasteiger partial charge on any atom is -0.358 e. The van der Waals surface area contributed by atoms with Crippen molar-refractivity contribution in [1.82, 2.24) is 20.2 Å². The molecule has 0 fully saturated rings. The van der Waals surface area contributed by atoms with Crippen LogP contribution in [0.4, 0.5) is 0 Å². The van der Waals surface area contributed by atoms with Crippen LogP contribution < -0.4 is 10.9 Å². The Kier molecular flexibility index (Phi) is 6.15. The molecular weight excluding hydrogens is 392 g/mol. The van der Waals surface area contributed by atoms with Crippen molar-refractivity contribution in [1.29, 1.82) is 0 Å². The highest BCUT2D eigenvalue weighted by atomic mass is 32.1. The molecule has 30 heavy (non-hydrogen) atoms. The van der Waals surface area contributed by atoms with Gasteiger partial charge in [0.05, 0.1) is 17.4 Å². The number of hydrogen-bond acceptors (Lipinski definition) is 3. The van der Waals surface area contributed by atoms with Crippen molar-refractivity contribution < 1.29 is 0 Å². The Morgan fingerprint density at radius 1 is 0.867 bits per heavy atom. The van der Waals surface area contributed by atoms with Gasteiger partial charge in [0.25, 0.3) is 5.56 Å². The van der Waals surface area contributed by atoms with Gasteiger partial charge in [-0.05, 0) is 35.5 Å². The zero-order chi connectivity index (χ0) is 20.8. The van der Waals surface area contributed by atoms with E-state index >= 15 is 0 Å². The minimum absolute atomic E-state index is 0.140. The summed E-state index contributed by atoms with van der Waals surface area (Å²) in [7, 11) is 0. The highest BCUT2D eigenvalue weighted by Crippen LogP contribution is 2.11. The molecule has 0 atom stereocenters. The lowest BCUT2D eigenvalue weighted by molar-refractivity contribution is 0.388. The van der Waals surface area contributed by atoms with Crippen LogP contribution >= 0.6 is 12.2 Å². The Bertz CT molecular complexity index is 1190. The summed E-state index contributed by atoms with van der Waals surface area (Å²) in [5.74, 6) is 0.582. The lowest BCUT2D eigenvalue weighted by atomic mass is 10.2. The zero-order valence-electron chi connectivity index (χ0n) is 16.4. The molecule has 5 nitrogen and oxygen atoms in total. The first-order valence-corrected chi connectivity index (χ1v) is 10.2. The highest BCUT2D eigenvalue weighted by molar-refractivity contribution is 7.80. The summed E-state index contributed by atoms with van der Waals surface area (Å²) >= 11 is 5.70. The standard InChI is InChI=1S/C24H22N4OS/c29-23-20-13-7-8-14-21(20)26-22(27-23)17-28(16-19-11-5-2-6-12-19)24(30)25-15-18-9-3-1-4-10-18/h1-14H,15-17H2,(H,25,30)(H,26,27,29). The topological polar surface area (TPSA) is 61.0 Å². The van der Waals surface area contributed by atoms with Crippen molar-refractivity contribution in [2.45, 2.75) is 19.6 Å². The van der Waals surface area contributed by atoms with Crippen molar-refractivity contribution in [2.24, 2.45) is 0 Å². The van der Waals surface area contributed by atoms with Crippen LogP contribution in [-0.4, -0.2) is 20.0 Å². The Balaban J connectivity index is 1.56. The maximum Gasteiger partial charge on any atom is 0.258 e. The van der Waals surface area contributed by atoms with E-state index in [0.717, 1.165) is 11.1 Å². The van der Waals surface area contributed by atoms with Gasteiger partial charge in [-0.25, -0.2) is 4.98 Å². The summed E-state index contributed by atoms with van der Waals surface area (Å²) in [6.45, 7) is 1.64. The molecule has 0 saturated heterocycles. The van der Waals surface area contributed by atoms with E-state index in [-0.39, 0.29) is 5.56 Å². The van der Waals surface area contributed by atoms with Crippen LogP contribution in [0.15, 0.2) is 89.7 Å². The number of H-pyrrole nitrogens is 1. The highest BCUT2D eigenvalue weighted by Gasteiger charge is 2.14. The smallest absolute Gasteiger partial charge is 0.258 e. The molecule has 2 N–H and O–H groups in total. The number of aromatic amines is 1. The van der Waals surface area contributed by atoms with Gasteiger partial charge in [0.1, 0.15) is 5.82 Å². The summed E-state index contributed by atoms with van der Waals surface area (Å²) in [6, 6.07) is 27.6. The Labute approximate surface area is 180 Å². The van der Waals surface area contributed by atoms with Crippen molar-refractivity contribution in [3.63, 3.8) is 0 Å². The molecule has 0 radical (unpaired) electrons. The second-order valence-electron chi connectivity index (χ2n) is 7.02. The number of benzene rings is 3. The second kappa shape index (κ2) is 9.33. The number of nitrogens with zero attached hydrogens (tertiary/aromatic N) is 2. The number of aromatic nitrogens is 2. The summed E-state index contributed by atoms with van der Waals surface area (Å²) < 4.78 is 0. The molecule has 4 rings (SSSR count). The van der Waals surface area contributed by atoms with Crippen molar-refractivity contribution in [3.05, 3.63) is 112 Å². The molecular formula is C24H22N4OS. The number of fused-ring (bicyclic) bond motifs is 1. The van der Waals surface area contributed by atoms with E-state index in [1.165, 1.54) is 0 Å². The van der Waals surface area contributed by atoms with E-state index < -0.39 is 0 Å². The molecule has 0 spiro atoms. The van der Waals surface area contributed by atoms with Crippen molar-refractivity contribution >= 4 is 28.2 Å². The van der Waals surface area contributed by atoms with Gasteiger partial charge < -0.3 is 15.2 Å². The summed E-state index contributed by atoms with van der Waals surface area (Å²) in [4.78, 5) is 22.0. The van der Waals surface area contributed by atoms with Gasteiger partial charge in [-0.2, -0.15) is 0 Å². The zero-order valence-corrected chi connectivity index (χ0v) is 17.2. The van der Waals surface area contributed by atoms with E-state index in [2.05, 4.69) is 39.6 Å². The normalized spacial score (nSPS) is 10.7. The summed E-state index contributed by atoms with van der Waals surface area (Å²) in [5.41, 5.74) is 2.82. The molecule has 0 unspecified atom stereocenters. The molecule has 0 bridgehead atoms. The third-order valence-corrected chi connectivity index (χ3v) is 5.20. The van der Waals surface area contributed by atoms with E-state index in [1.807, 2.05) is 59.5 Å². The molecule has 4 aromatic rings. The molecule has 0 saturated carbocycles. The van der Waals surface area contributed by atoms with E-state index in [9.17, 15) is 4.79 Å². The average molecular weight is 415 g/mol. The van der Waals surface area contributed by atoms with Crippen molar-refractivity contribution in [2.75, 3.05) is 0 Å². The number of hydrogen-bond donors (Lipinski definition) is 2. The van der Waals surface area contributed by atoms with Gasteiger partial charge in [-0.3, -0.25) is 4.79 Å². The predicted molar refractivity (Wildman–Crippen MR) is 124 cm³/mol. The Hall–Kier alpha value is -3.51. The lowest BCUT2D eigenvalue weighted by Crippen LogP contribution is -2.39. The molecule has 0 aliphatic rings. The van der Waals surface area contributed by atoms with Gasteiger partial charge >= 0.3 is 0 Å². The fraction of sp³-hybridized carbons (Fsp3) is 0.125. The average Bonchev–Trinajstić information content (AvgIpc) is 2.78. The molecule has 6 heteroatoms. The monoisotopic (exact) mass is 414 g/mol. The van der Waals surface area contributed by atoms with Crippen LogP contribution in [0.5, 0.6) is 0 Å². The molecule has 150 valence electrons. The Morgan fingerprint density at radius 3 is 2.23 bits per heavy atom. The van der Waals surface area contributed by atoms with E-state index in [4.69, 9.17) is 12.2 Å². The second-order valence-corrected chi connectivity index (χ2v) is 7.40. The van der Waals surface area contributed by atoms with Crippen molar-refractivity contribution in [3.8, 4) is 0 Å². The third kappa shape index (κ3) is 4.90. The van der Waals surface area contributed by atoms with Gasteiger partial charge in [0.15, 0.2) is 5.11 Å². The van der Waals surface area contributed by atoms with E-state index in [0.29, 0.717) is 41.5 Å². The summed E-state index contributed by atoms with van der Waals surface area (Å²) in [5, 5.41) is 4.52. The summed E-state index contributed by atoms with van der Waals surface area (Å²) in [6.07, 6.45) is 0. The molecule has 0 amide bonds. The molecule has 1 aromatic heterocycles. The first-order chi connectivity index (χ1) is 14.7. The first-order valence-electron chi connectivity index (χ1n) is 9.77. The Morgan fingerprint density at radius 2 is 1.50 bits per heavy atom. The lowest BCUT2D eigenvalue weighted by Gasteiger charge is -2.25. The van der Waals surface area contributed by atoms with Crippen LogP contribution in [0, 0.1) is 0 Å². The maximum absolute atomic E-state index is 12.5. The molecule has 0 aliphatic carbocycles. The van der Waals surface area contributed by atoms with Gasteiger partial charge in [0.2, 0.25) is 0 Å². The van der Waals surface area contributed by atoms with Crippen LogP contribution in [0.25, 0.3) is 10.9 Å². The molecule has 3 aromatic carbocycles. The fourth-order valence-electron chi connectivity index (χ4n) is 3.28.